The summed E-state index contributed by atoms with van der Waals surface area (Å²) in [5.74, 6) is -0.0878. The second-order valence-corrected chi connectivity index (χ2v) is 23.3. The standard InChI is InChI=1S/C39H68O8Si/c1-13-38(12)33(47-48(21(2)3,22(4)5)23(6)7)20-30-31(45-38)18-24(8)17-28-29(42-30)19-32-35(43-28)26(10)34(40)37-36(44-32)25(9)27(11)39(46-37)15-14-16-41-39/h13,21-37,40H,1,14-20H2,2-12H3/t24-,25+,26+,27+,28+,29-,30+,31-,32+,33-,34+,35-,36-,37+,38+,39-/m1/s1. The van der Waals surface area contributed by atoms with Gasteiger partial charge in [0, 0.05) is 31.1 Å². The van der Waals surface area contributed by atoms with Gasteiger partial charge in [-0.2, -0.15) is 0 Å². The van der Waals surface area contributed by atoms with Crippen LogP contribution in [0.4, 0.5) is 0 Å². The first-order valence-electron chi connectivity index (χ1n) is 19.5. The number of aliphatic hydroxyl groups is 1. The van der Waals surface area contributed by atoms with Crippen LogP contribution in [0, 0.1) is 23.7 Å². The van der Waals surface area contributed by atoms with Gasteiger partial charge in [-0.1, -0.05) is 75.3 Å². The number of hydrogen-bond acceptors (Lipinski definition) is 8. The molecule has 8 nitrogen and oxygen atoms in total. The van der Waals surface area contributed by atoms with Gasteiger partial charge >= 0.3 is 0 Å². The lowest BCUT2D eigenvalue weighted by atomic mass is 9.76. The second kappa shape index (κ2) is 13.9. The van der Waals surface area contributed by atoms with Gasteiger partial charge in [0.2, 0.25) is 8.32 Å². The first-order chi connectivity index (χ1) is 22.6. The first-order valence-corrected chi connectivity index (χ1v) is 21.7. The Hall–Kier alpha value is -0.363. The average molecular weight is 693 g/mol. The van der Waals surface area contributed by atoms with Crippen LogP contribution in [-0.4, -0.2) is 92.5 Å². The van der Waals surface area contributed by atoms with Crippen molar-refractivity contribution < 1.29 is 38.0 Å². The molecule has 1 N–H and O–H groups in total. The predicted molar refractivity (Wildman–Crippen MR) is 189 cm³/mol. The van der Waals surface area contributed by atoms with Gasteiger partial charge in [-0.05, 0) is 54.6 Å². The molecular weight excluding hydrogens is 625 g/mol. The van der Waals surface area contributed by atoms with Gasteiger partial charge in [-0.3, -0.25) is 0 Å². The van der Waals surface area contributed by atoms with Crippen molar-refractivity contribution in [3.05, 3.63) is 12.7 Å². The minimum atomic E-state index is -2.20. The fourth-order valence-corrected chi connectivity index (χ4v) is 16.6. The maximum atomic E-state index is 11.8. The van der Waals surface area contributed by atoms with Crippen molar-refractivity contribution >= 4 is 8.32 Å². The summed E-state index contributed by atoms with van der Waals surface area (Å²) in [7, 11) is -2.20. The fourth-order valence-electron chi connectivity index (χ4n) is 11.0. The maximum absolute atomic E-state index is 11.8. The topological polar surface area (TPSA) is 84.8 Å². The van der Waals surface area contributed by atoms with E-state index in [2.05, 4.69) is 82.7 Å². The third-order valence-electron chi connectivity index (χ3n) is 14.0. The Balaban J connectivity index is 1.26. The highest BCUT2D eigenvalue weighted by Gasteiger charge is 2.61. The molecule has 0 aromatic rings. The van der Waals surface area contributed by atoms with Crippen LogP contribution in [0.25, 0.3) is 0 Å². The van der Waals surface area contributed by atoms with Crippen LogP contribution in [0.5, 0.6) is 0 Å². The molecule has 0 radical (unpaired) electrons. The van der Waals surface area contributed by atoms with Crippen LogP contribution in [0.2, 0.25) is 16.6 Å². The Labute approximate surface area is 292 Å². The quantitative estimate of drug-likeness (QED) is 0.226. The zero-order valence-electron chi connectivity index (χ0n) is 31.9. The molecule has 9 heteroatoms. The third kappa shape index (κ3) is 6.25. The number of rotatable bonds is 6. The summed E-state index contributed by atoms with van der Waals surface area (Å²) in [6, 6.07) is 0. The van der Waals surface area contributed by atoms with Crippen LogP contribution in [-0.2, 0) is 32.8 Å². The summed E-state index contributed by atoms with van der Waals surface area (Å²) >= 11 is 0. The molecule has 6 heterocycles. The van der Waals surface area contributed by atoms with Crippen LogP contribution < -0.4 is 0 Å². The van der Waals surface area contributed by atoms with Crippen molar-refractivity contribution in [1.82, 2.24) is 0 Å². The van der Waals surface area contributed by atoms with Crippen LogP contribution in [0.1, 0.15) is 115 Å². The monoisotopic (exact) mass is 692 g/mol. The highest BCUT2D eigenvalue weighted by molar-refractivity contribution is 6.77. The minimum Gasteiger partial charge on any atom is -0.410 e. The minimum absolute atomic E-state index is 0.0508. The number of ether oxygens (including phenoxy) is 6. The van der Waals surface area contributed by atoms with E-state index < -0.39 is 31.9 Å². The van der Waals surface area contributed by atoms with E-state index in [-0.39, 0.29) is 66.6 Å². The molecule has 6 saturated heterocycles. The third-order valence-corrected chi connectivity index (χ3v) is 20.1. The lowest BCUT2D eigenvalue weighted by Gasteiger charge is -2.54. The summed E-state index contributed by atoms with van der Waals surface area (Å²) in [5, 5.41) is 11.8. The Kier molecular flexibility index (Phi) is 10.8. The van der Waals surface area contributed by atoms with Gasteiger partial charge < -0.3 is 38.0 Å². The molecule has 0 amide bonds. The van der Waals surface area contributed by atoms with E-state index in [1.165, 1.54) is 0 Å². The van der Waals surface area contributed by atoms with Gasteiger partial charge in [0.25, 0.3) is 0 Å². The van der Waals surface area contributed by atoms with Crippen molar-refractivity contribution in [2.24, 2.45) is 23.7 Å². The zero-order valence-corrected chi connectivity index (χ0v) is 32.9. The van der Waals surface area contributed by atoms with Gasteiger partial charge in [0.1, 0.15) is 11.7 Å². The normalized spacial score (nSPS) is 49.9. The first kappa shape index (κ1) is 37.4. The average Bonchev–Trinajstić information content (AvgIpc) is 3.46. The zero-order chi connectivity index (χ0) is 34.9. The highest BCUT2D eigenvalue weighted by atomic mass is 28.4. The van der Waals surface area contributed by atoms with E-state index >= 15 is 0 Å². The molecule has 16 atom stereocenters. The number of fused-ring (bicyclic) bond motifs is 4. The molecule has 6 aliphatic rings. The summed E-state index contributed by atoms with van der Waals surface area (Å²) in [6.45, 7) is 30.0. The maximum Gasteiger partial charge on any atom is 0.200 e. The molecular formula is C39H68O8Si. The van der Waals surface area contributed by atoms with Crippen molar-refractivity contribution in [2.75, 3.05) is 6.61 Å². The Bertz CT molecular complexity index is 1100. The van der Waals surface area contributed by atoms with E-state index in [4.69, 9.17) is 32.8 Å². The Morgan fingerprint density at radius 3 is 1.96 bits per heavy atom. The molecule has 1 spiro atoms. The fraction of sp³-hybridized carbons (Fsp3) is 0.949. The van der Waals surface area contributed by atoms with Gasteiger partial charge in [0.15, 0.2) is 5.79 Å². The van der Waals surface area contributed by atoms with Crippen molar-refractivity contribution in [3.8, 4) is 0 Å². The molecule has 48 heavy (non-hydrogen) atoms. The largest absolute Gasteiger partial charge is 0.410 e. The van der Waals surface area contributed by atoms with E-state index in [9.17, 15) is 5.11 Å². The van der Waals surface area contributed by atoms with Crippen molar-refractivity contribution in [3.63, 3.8) is 0 Å². The molecule has 0 bridgehead atoms. The summed E-state index contributed by atoms with van der Waals surface area (Å²) < 4.78 is 48.7. The van der Waals surface area contributed by atoms with Crippen LogP contribution in [0.3, 0.4) is 0 Å². The Morgan fingerprint density at radius 1 is 0.750 bits per heavy atom. The van der Waals surface area contributed by atoms with Gasteiger partial charge in [-0.25, -0.2) is 0 Å². The number of hydrogen-bond donors (Lipinski definition) is 1. The molecule has 0 aliphatic carbocycles. The lowest BCUT2D eigenvalue weighted by Crippen LogP contribution is -2.63. The predicted octanol–water partition coefficient (Wildman–Crippen LogP) is 7.56. The smallest absolute Gasteiger partial charge is 0.200 e. The molecule has 6 aliphatic heterocycles. The summed E-state index contributed by atoms with van der Waals surface area (Å²) in [5.41, 5.74) is 0.808. The van der Waals surface area contributed by atoms with E-state index in [1.54, 1.807) is 0 Å². The SMILES string of the molecule is C=C[C@]1(C)O[C@@H]2C[C@H](C)C[C@@H]3O[C@@H]4[C@@H](C)[C@H](O)[C@@H]5O[C@]6(CCCO6)[C@@H](C)[C@H](C)[C@H]5O[C@H]4C[C@H]3O[C@H]2C[C@H]1O[Si](C(C)C)(C(C)C)C(C)C. The molecule has 0 unspecified atom stereocenters. The Morgan fingerprint density at radius 2 is 1.35 bits per heavy atom. The van der Waals surface area contributed by atoms with Crippen molar-refractivity contribution in [2.45, 2.75) is 204 Å². The molecule has 276 valence electrons. The molecule has 6 rings (SSSR count). The molecule has 0 aromatic carbocycles. The second-order valence-electron chi connectivity index (χ2n) is 17.9. The number of aliphatic hydroxyl groups excluding tert-OH is 1. The summed E-state index contributed by atoms with van der Waals surface area (Å²) in [4.78, 5) is 0. The van der Waals surface area contributed by atoms with Gasteiger partial charge in [0.05, 0.1) is 61.5 Å². The van der Waals surface area contributed by atoms with Crippen LogP contribution in [0.15, 0.2) is 12.7 Å². The summed E-state index contributed by atoms with van der Waals surface area (Å²) in [6.07, 6.45) is 4.72. The van der Waals surface area contributed by atoms with E-state index in [1.807, 2.05) is 6.08 Å². The van der Waals surface area contributed by atoms with E-state index in [0.29, 0.717) is 29.1 Å². The molecule has 0 aromatic heterocycles. The van der Waals surface area contributed by atoms with Crippen molar-refractivity contribution in [1.29, 1.82) is 0 Å². The highest BCUT2D eigenvalue weighted by Crippen LogP contribution is 2.51. The van der Waals surface area contributed by atoms with Gasteiger partial charge in [-0.15, -0.1) is 6.58 Å². The lowest BCUT2D eigenvalue weighted by molar-refractivity contribution is -0.339. The van der Waals surface area contributed by atoms with Crippen LogP contribution >= 0.6 is 0 Å². The molecule has 6 fully saturated rings. The molecule has 0 saturated carbocycles. The van der Waals surface area contributed by atoms with E-state index in [0.717, 1.165) is 38.5 Å².